The third-order valence-electron chi connectivity index (χ3n) is 4.16. The van der Waals surface area contributed by atoms with Crippen LogP contribution in [0.4, 0.5) is 0 Å². The number of aromatic nitrogens is 2. The van der Waals surface area contributed by atoms with Crippen molar-refractivity contribution in [3.8, 4) is 5.75 Å². The summed E-state index contributed by atoms with van der Waals surface area (Å²) in [6, 6.07) is 11.2. The number of hydrogen-bond donors (Lipinski definition) is 0. The summed E-state index contributed by atoms with van der Waals surface area (Å²) < 4.78 is 9.00. The van der Waals surface area contributed by atoms with Crippen LogP contribution in [0.1, 0.15) is 31.7 Å². The molecule has 0 saturated carbocycles. The number of benzene rings is 2. The molecule has 1 heterocycles. The fourth-order valence-electron chi connectivity index (χ4n) is 2.54. The maximum absolute atomic E-state index is 12.8. The summed E-state index contributed by atoms with van der Waals surface area (Å²) in [6.07, 6.45) is 2.61. The molecule has 7 heteroatoms. The molecule has 0 spiro atoms. The molecule has 27 heavy (non-hydrogen) atoms. The Balaban J connectivity index is 2.06. The van der Waals surface area contributed by atoms with Crippen LogP contribution in [0.5, 0.6) is 5.75 Å². The first-order valence-electron chi connectivity index (χ1n) is 8.58. The third kappa shape index (κ3) is 4.47. The SMILES string of the molecule is CC[C@@H](C)Oc1ccc(Br)cc1C=Nn1c(C)nc2ccc(Br)cc2c1=O. The van der Waals surface area contributed by atoms with Crippen LogP contribution in [0.3, 0.4) is 0 Å². The first-order valence-corrected chi connectivity index (χ1v) is 10.2. The molecular weight excluding hydrogens is 474 g/mol. The van der Waals surface area contributed by atoms with Crippen molar-refractivity contribution in [2.75, 3.05) is 0 Å². The van der Waals surface area contributed by atoms with Crippen molar-refractivity contribution < 1.29 is 4.74 Å². The lowest BCUT2D eigenvalue weighted by atomic mass is 10.2. The number of hydrogen-bond acceptors (Lipinski definition) is 4. The predicted octanol–water partition coefficient (Wildman–Crippen LogP) is 5.29. The summed E-state index contributed by atoms with van der Waals surface area (Å²) in [6.45, 7) is 5.85. The summed E-state index contributed by atoms with van der Waals surface area (Å²) in [5, 5.41) is 4.90. The first kappa shape index (κ1) is 19.8. The van der Waals surface area contributed by atoms with E-state index in [1.807, 2.05) is 37.3 Å². The molecule has 0 bridgehead atoms. The number of fused-ring (bicyclic) bond motifs is 1. The Labute approximate surface area is 174 Å². The summed E-state index contributed by atoms with van der Waals surface area (Å²) in [5.41, 5.74) is 1.22. The van der Waals surface area contributed by atoms with Crippen LogP contribution in [-0.2, 0) is 0 Å². The topological polar surface area (TPSA) is 56.5 Å². The van der Waals surface area contributed by atoms with Gasteiger partial charge in [-0.3, -0.25) is 4.79 Å². The number of ether oxygens (including phenoxy) is 1. The van der Waals surface area contributed by atoms with Crippen LogP contribution < -0.4 is 10.3 Å². The molecule has 0 aliphatic carbocycles. The van der Waals surface area contributed by atoms with E-state index in [0.29, 0.717) is 16.7 Å². The lowest BCUT2D eigenvalue weighted by Gasteiger charge is -2.15. The van der Waals surface area contributed by atoms with Gasteiger partial charge in [-0.2, -0.15) is 9.78 Å². The quantitative estimate of drug-likeness (QED) is 0.454. The van der Waals surface area contributed by atoms with Crippen molar-refractivity contribution >= 4 is 49.0 Å². The fraction of sp³-hybridized carbons (Fsp3) is 0.250. The van der Waals surface area contributed by atoms with Crippen molar-refractivity contribution in [1.29, 1.82) is 0 Å². The van der Waals surface area contributed by atoms with Gasteiger partial charge in [0.15, 0.2) is 0 Å². The van der Waals surface area contributed by atoms with E-state index in [9.17, 15) is 4.79 Å². The summed E-state index contributed by atoms with van der Waals surface area (Å²) in [7, 11) is 0. The standard InChI is InChI=1S/C20H19Br2N3O2/c1-4-12(2)27-19-8-6-15(21)9-14(19)11-23-25-13(3)24-18-7-5-16(22)10-17(18)20(25)26/h5-12H,4H2,1-3H3/t12-/m1/s1. The van der Waals surface area contributed by atoms with Gasteiger partial charge in [0, 0.05) is 14.5 Å². The van der Waals surface area contributed by atoms with Crippen LogP contribution >= 0.6 is 31.9 Å². The van der Waals surface area contributed by atoms with E-state index in [1.165, 1.54) is 4.68 Å². The largest absolute Gasteiger partial charge is 0.490 e. The Morgan fingerprint density at radius 2 is 1.93 bits per heavy atom. The Morgan fingerprint density at radius 3 is 2.67 bits per heavy atom. The molecule has 5 nitrogen and oxygen atoms in total. The summed E-state index contributed by atoms with van der Waals surface area (Å²) in [4.78, 5) is 17.3. The minimum absolute atomic E-state index is 0.0856. The highest BCUT2D eigenvalue weighted by Gasteiger charge is 2.10. The van der Waals surface area contributed by atoms with Crippen LogP contribution in [0, 0.1) is 6.92 Å². The van der Waals surface area contributed by atoms with Gasteiger partial charge in [0.1, 0.15) is 11.6 Å². The molecule has 140 valence electrons. The lowest BCUT2D eigenvalue weighted by Crippen LogP contribution is -2.20. The first-order chi connectivity index (χ1) is 12.9. The van der Waals surface area contributed by atoms with Gasteiger partial charge < -0.3 is 4.74 Å². The molecule has 0 aliphatic rings. The monoisotopic (exact) mass is 491 g/mol. The molecule has 3 rings (SSSR count). The second-order valence-electron chi connectivity index (χ2n) is 6.20. The van der Waals surface area contributed by atoms with Gasteiger partial charge in [0.2, 0.25) is 0 Å². The highest BCUT2D eigenvalue weighted by molar-refractivity contribution is 9.10. The Kier molecular flexibility index (Phi) is 6.11. The average Bonchev–Trinajstić information content (AvgIpc) is 2.64. The zero-order valence-corrected chi connectivity index (χ0v) is 18.4. The molecule has 0 unspecified atom stereocenters. The second-order valence-corrected chi connectivity index (χ2v) is 8.03. The van der Waals surface area contributed by atoms with Crippen molar-refractivity contribution in [3.05, 3.63) is 67.1 Å². The Bertz CT molecular complexity index is 1080. The van der Waals surface area contributed by atoms with E-state index < -0.39 is 0 Å². The van der Waals surface area contributed by atoms with E-state index in [-0.39, 0.29) is 11.7 Å². The molecule has 2 aromatic carbocycles. The number of aryl methyl sites for hydroxylation is 1. The number of rotatable bonds is 5. The smallest absolute Gasteiger partial charge is 0.282 e. The van der Waals surface area contributed by atoms with Gasteiger partial charge in [-0.1, -0.05) is 38.8 Å². The van der Waals surface area contributed by atoms with E-state index in [0.717, 1.165) is 26.7 Å². The van der Waals surface area contributed by atoms with Gasteiger partial charge in [0.25, 0.3) is 5.56 Å². The molecule has 0 fully saturated rings. The van der Waals surface area contributed by atoms with Gasteiger partial charge in [-0.05, 0) is 56.7 Å². The van der Waals surface area contributed by atoms with E-state index in [4.69, 9.17) is 4.74 Å². The van der Waals surface area contributed by atoms with Gasteiger partial charge in [0.05, 0.1) is 23.2 Å². The number of halogens is 2. The Morgan fingerprint density at radius 1 is 1.22 bits per heavy atom. The Hall–Kier alpha value is -1.99. The van der Waals surface area contributed by atoms with Crippen molar-refractivity contribution in [2.24, 2.45) is 5.10 Å². The third-order valence-corrected chi connectivity index (χ3v) is 5.14. The molecule has 0 radical (unpaired) electrons. The van der Waals surface area contributed by atoms with E-state index in [2.05, 4.69) is 48.9 Å². The zero-order valence-electron chi connectivity index (χ0n) is 15.2. The zero-order chi connectivity index (χ0) is 19.6. The van der Waals surface area contributed by atoms with Gasteiger partial charge in [-0.15, -0.1) is 0 Å². The molecule has 0 N–H and O–H groups in total. The molecule has 0 aliphatic heterocycles. The molecule has 1 aromatic heterocycles. The molecule has 0 amide bonds. The van der Waals surface area contributed by atoms with Crippen molar-refractivity contribution in [2.45, 2.75) is 33.3 Å². The maximum Gasteiger partial charge on any atom is 0.282 e. The molecule has 1 atom stereocenters. The maximum atomic E-state index is 12.8. The fourth-order valence-corrected chi connectivity index (χ4v) is 3.28. The van der Waals surface area contributed by atoms with Crippen LogP contribution in [0.25, 0.3) is 10.9 Å². The second kappa shape index (κ2) is 8.35. The molecule has 3 aromatic rings. The van der Waals surface area contributed by atoms with Gasteiger partial charge >= 0.3 is 0 Å². The minimum Gasteiger partial charge on any atom is -0.490 e. The van der Waals surface area contributed by atoms with Crippen LogP contribution in [-0.4, -0.2) is 22.0 Å². The molecular formula is C20H19Br2N3O2. The molecule has 0 saturated heterocycles. The van der Waals surface area contributed by atoms with Crippen molar-refractivity contribution in [3.63, 3.8) is 0 Å². The van der Waals surface area contributed by atoms with Gasteiger partial charge in [-0.25, -0.2) is 4.98 Å². The van der Waals surface area contributed by atoms with E-state index >= 15 is 0 Å². The summed E-state index contributed by atoms with van der Waals surface area (Å²) >= 11 is 6.87. The average molecular weight is 493 g/mol. The minimum atomic E-state index is -0.213. The number of nitrogens with zero attached hydrogens (tertiary/aromatic N) is 3. The highest BCUT2D eigenvalue weighted by Crippen LogP contribution is 2.23. The van der Waals surface area contributed by atoms with Crippen LogP contribution in [0.2, 0.25) is 0 Å². The normalized spacial score (nSPS) is 12.6. The van der Waals surface area contributed by atoms with Crippen molar-refractivity contribution in [1.82, 2.24) is 9.66 Å². The highest BCUT2D eigenvalue weighted by atomic mass is 79.9. The van der Waals surface area contributed by atoms with Crippen LogP contribution in [0.15, 0.2) is 55.2 Å². The lowest BCUT2D eigenvalue weighted by molar-refractivity contribution is 0.217. The van der Waals surface area contributed by atoms with E-state index in [1.54, 1.807) is 19.2 Å². The predicted molar refractivity (Wildman–Crippen MR) is 116 cm³/mol. The summed E-state index contributed by atoms with van der Waals surface area (Å²) in [5.74, 6) is 1.24.